The number of nitrogens with two attached hydrogens (primary N) is 1. The summed E-state index contributed by atoms with van der Waals surface area (Å²) in [7, 11) is 0. The monoisotopic (exact) mass is 261 g/mol. The Morgan fingerprint density at radius 1 is 0.650 bits per heavy atom. The number of hydrogen-bond donors (Lipinski definition) is 1. The molecule has 0 aliphatic carbocycles. The van der Waals surface area contributed by atoms with E-state index in [9.17, 15) is 0 Å². The maximum atomic E-state index is 5.99. The van der Waals surface area contributed by atoms with Crippen LogP contribution in [0.2, 0.25) is 0 Å². The lowest BCUT2D eigenvalue weighted by Gasteiger charge is -2.10. The number of nitrogen functional groups attached to an aromatic ring is 1. The molecule has 98 valence electrons. The summed E-state index contributed by atoms with van der Waals surface area (Å²) in [6.07, 6.45) is 0. The Kier molecular flexibility index (Phi) is 3.38. The van der Waals surface area contributed by atoms with E-state index in [0.29, 0.717) is 11.4 Å². The van der Waals surface area contributed by atoms with E-state index in [1.807, 2.05) is 66.7 Å². The fourth-order valence-corrected chi connectivity index (χ4v) is 2.05. The molecule has 0 saturated heterocycles. The Bertz CT molecular complexity index is 693. The number of para-hydroxylation sites is 1. The molecule has 3 rings (SSSR count). The normalized spacial score (nSPS) is 10.2. The van der Waals surface area contributed by atoms with Crippen molar-refractivity contribution in [1.82, 2.24) is 0 Å². The van der Waals surface area contributed by atoms with Crippen LogP contribution in [0.25, 0.3) is 11.1 Å². The zero-order valence-electron chi connectivity index (χ0n) is 11.0. The molecule has 0 aliphatic rings. The molecule has 0 heterocycles. The van der Waals surface area contributed by atoms with Gasteiger partial charge in [0.05, 0.1) is 5.69 Å². The summed E-state index contributed by atoms with van der Waals surface area (Å²) in [6, 6.07) is 25.7. The molecule has 0 aromatic heterocycles. The smallest absolute Gasteiger partial charge is 0.150 e. The van der Waals surface area contributed by atoms with Gasteiger partial charge in [0.2, 0.25) is 0 Å². The topological polar surface area (TPSA) is 35.2 Å². The van der Waals surface area contributed by atoms with E-state index in [4.69, 9.17) is 10.5 Å². The summed E-state index contributed by atoms with van der Waals surface area (Å²) in [6.45, 7) is 0. The molecular weight excluding hydrogens is 246 g/mol. The quantitative estimate of drug-likeness (QED) is 0.692. The standard InChI is InChI=1S/C18H15NO/c19-17-12-11-15(14-7-3-1-4-8-14)13-18(17)20-16-9-5-2-6-10-16/h1-13H,19H2. The van der Waals surface area contributed by atoms with Crippen LogP contribution in [0, 0.1) is 0 Å². The highest BCUT2D eigenvalue weighted by atomic mass is 16.5. The minimum absolute atomic E-state index is 0.633. The highest BCUT2D eigenvalue weighted by Gasteiger charge is 2.05. The number of benzene rings is 3. The van der Waals surface area contributed by atoms with Gasteiger partial charge < -0.3 is 10.5 Å². The molecule has 2 N–H and O–H groups in total. The van der Waals surface area contributed by atoms with Crippen LogP contribution in [0.3, 0.4) is 0 Å². The fourth-order valence-electron chi connectivity index (χ4n) is 2.05. The third-order valence-electron chi connectivity index (χ3n) is 3.09. The second-order valence-electron chi connectivity index (χ2n) is 4.53. The van der Waals surface area contributed by atoms with Crippen LogP contribution in [0.15, 0.2) is 78.9 Å². The molecule has 0 radical (unpaired) electrons. The summed E-state index contributed by atoms with van der Waals surface area (Å²) < 4.78 is 5.85. The van der Waals surface area contributed by atoms with Crippen LogP contribution in [0.1, 0.15) is 0 Å². The van der Waals surface area contributed by atoms with Crippen molar-refractivity contribution in [2.75, 3.05) is 5.73 Å². The second kappa shape index (κ2) is 5.49. The Labute approximate surface area is 118 Å². The average Bonchev–Trinajstić information content (AvgIpc) is 2.51. The number of hydrogen-bond acceptors (Lipinski definition) is 2. The first-order chi connectivity index (χ1) is 9.83. The molecule has 0 bridgehead atoms. The summed E-state index contributed by atoms with van der Waals surface area (Å²) in [5, 5.41) is 0. The van der Waals surface area contributed by atoms with Gasteiger partial charge in [-0.2, -0.15) is 0 Å². The average molecular weight is 261 g/mol. The predicted octanol–water partition coefficient (Wildman–Crippen LogP) is 4.73. The molecule has 20 heavy (non-hydrogen) atoms. The summed E-state index contributed by atoms with van der Waals surface area (Å²) in [4.78, 5) is 0. The maximum Gasteiger partial charge on any atom is 0.150 e. The van der Waals surface area contributed by atoms with Crippen LogP contribution < -0.4 is 10.5 Å². The first-order valence-electron chi connectivity index (χ1n) is 6.51. The van der Waals surface area contributed by atoms with Gasteiger partial charge >= 0.3 is 0 Å². The summed E-state index contributed by atoms with van der Waals surface area (Å²) in [5.74, 6) is 1.46. The van der Waals surface area contributed by atoms with E-state index in [-0.39, 0.29) is 0 Å². The molecule has 3 aromatic carbocycles. The van der Waals surface area contributed by atoms with Crippen molar-refractivity contribution in [2.24, 2.45) is 0 Å². The van der Waals surface area contributed by atoms with Crippen molar-refractivity contribution in [3.63, 3.8) is 0 Å². The van der Waals surface area contributed by atoms with Gasteiger partial charge in [-0.15, -0.1) is 0 Å². The molecule has 0 saturated carbocycles. The third-order valence-corrected chi connectivity index (χ3v) is 3.09. The van der Waals surface area contributed by atoms with Crippen molar-refractivity contribution < 1.29 is 4.74 Å². The molecule has 0 atom stereocenters. The van der Waals surface area contributed by atoms with Gasteiger partial charge in [0.15, 0.2) is 5.75 Å². The van der Waals surface area contributed by atoms with E-state index >= 15 is 0 Å². The summed E-state index contributed by atoms with van der Waals surface area (Å²) >= 11 is 0. The van der Waals surface area contributed by atoms with Crippen LogP contribution >= 0.6 is 0 Å². The van der Waals surface area contributed by atoms with Gasteiger partial charge in [-0.25, -0.2) is 0 Å². The third kappa shape index (κ3) is 2.64. The van der Waals surface area contributed by atoms with Gasteiger partial charge in [0, 0.05) is 0 Å². The molecule has 2 nitrogen and oxygen atoms in total. The highest BCUT2D eigenvalue weighted by Crippen LogP contribution is 2.32. The molecular formula is C18H15NO. The lowest BCUT2D eigenvalue weighted by Crippen LogP contribution is -1.92. The molecule has 0 aliphatic heterocycles. The minimum atomic E-state index is 0.633. The summed E-state index contributed by atoms with van der Waals surface area (Å²) in [5.41, 5.74) is 8.86. The van der Waals surface area contributed by atoms with Crippen LogP contribution in [0.5, 0.6) is 11.5 Å². The maximum absolute atomic E-state index is 5.99. The van der Waals surface area contributed by atoms with Gasteiger partial charge in [0.1, 0.15) is 5.75 Å². The van der Waals surface area contributed by atoms with Crippen molar-refractivity contribution >= 4 is 5.69 Å². The van der Waals surface area contributed by atoms with Crippen LogP contribution in [-0.2, 0) is 0 Å². The fraction of sp³-hybridized carbons (Fsp3) is 0. The van der Waals surface area contributed by atoms with Crippen LogP contribution in [-0.4, -0.2) is 0 Å². The van der Waals surface area contributed by atoms with E-state index in [1.165, 1.54) is 0 Å². The molecule has 0 spiro atoms. The molecule has 0 fully saturated rings. The van der Waals surface area contributed by atoms with Gasteiger partial charge in [-0.1, -0.05) is 54.6 Å². The Hall–Kier alpha value is -2.74. The van der Waals surface area contributed by atoms with E-state index in [1.54, 1.807) is 0 Å². The zero-order valence-corrected chi connectivity index (χ0v) is 11.0. The predicted molar refractivity (Wildman–Crippen MR) is 82.8 cm³/mol. The molecule has 3 aromatic rings. The van der Waals surface area contributed by atoms with Gasteiger partial charge in [0.25, 0.3) is 0 Å². The lowest BCUT2D eigenvalue weighted by molar-refractivity contribution is 0.485. The number of anilines is 1. The van der Waals surface area contributed by atoms with Crippen molar-refractivity contribution in [3.05, 3.63) is 78.9 Å². The highest BCUT2D eigenvalue weighted by molar-refractivity contribution is 5.70. The minimum Gasteiger partial charge on any atom is -0.455 e. The second-order valence-corrected chi connectivity index (χ2v) is 4.53. The number of ether oxygens (including phenoxy) is 1. The Morgan fingerprint density at radius 2 is 1.30 bits per heavy atom. The SMILES string of the molecule is Nc1ccc(-c2ccccc2)cc1Oc1ccccc1. The number of rotatable bonds is 3. The van der Waals surface area contributed by atoms with Crippen molar-refractivity contribution in [2.45, 2.75) is 0 Å². The van der Waals surface area contributed by atoms with Crippen molar-refractivity contribution in [1.29, 1.82) is 0 Å². The molecule has 2 heteroatoms. The first-order valence-corrected chi connectivity index (χ1v) is 6.51. The largest absolute Gasteiger partial charge is 0.455 e. The lowest BCUT2D eigenvalue weighted by atomic mass is 10.1. The van der Waals surface area contributed by atoms with Gasteiger partial charge in [-0.3, -0.25) is 0 Å². The van der Waals surface area contributed by atoms with E-state index in [2.05, 4.69) is 12.1 Å². The molecule has 0 amide bonds. The van der Waals surface area contributed by atoms with Crippen LogP contribution in [0.4, 0.5) is 5.69 Å². The van der Waals surface area contributed by atoms with Crippen molar-refractivity contribution in [3.8, 4) is 22.6 Å². The Morgan fingerprint density at radius 3 is 2.00 bits per heavy atom. The zero-order chi connectivity index (χ0) is 13.8. The first kappa shape index (κ1) is 12.3. The molecule has 0 unspecified atom stereocenters. The van der Waals surface area contributed by atoms with E-state index < -0.39 is 0 Å². The Balaban J connectivity index is 1.95. The van der Waals surface area contributed by atoms with E-state index in [0.717, 1.165) is 16.9 Å². The van der Waals surface area contributed by atoms with Gasteiger partial charge in [-0.05, 0) is 35.4 Å².